The first-order chi connectivity index (χ1) is 10.2. The van der Waals surface area contributed by atoms with E-state index in [0.29, 0.717) is 6.10 Å². The molecule has 1 aromatic carbocycles. The van der Waals surface area contributed by atoms with Crippen molar-refractivity contribution in [3.8, 4) is 0 Å². The summed E-state index contributed by atoms with van der Waals surface area (Å²) in [5.41, 5.74) is 8.65. The Bertz CT molecular complexity index is 582. The van der Waals surface area contributed by atoms with Crippen molar-refractivity contribution in [1.82, 2.24) is 4.57 Å². The molecule has 0 aliphatic carbocycles. The Morgan fingerprint density at radius 2 is 2.29 bits per heavy atom. The van der Waals surface area contributed by atoms with Crippen LogP contribution in [0, 0.1) is 0 Å². The van der Waals surface area contributed by atoms with Crippen molar-refractivity contribution in [2.24, 2.45) is 5.73 Å². The summed E-state index contributed by atoms with van der Waals surface area (Å²) in [5, 5.41) is 1.35. The number of rotatable bonds is 6. The predicted molar refractivity (Wildman–Crippen MR) is 87.5 cm³/mol. The number of hydrogen-bond acceptors (Lipinski definition) is 2. The van der Waals surface area contributed by atoms with E-state index in [1.165, 1.54) is 42.1 Å². The smallest absolute Gasteiger partial charge is 0.0576 e. The van der Waals surface area contributed by atoms with Gasteiger partial charge < -0.3 is 15.0 Å². The van der Waals surface area contributed by atoms with Gasteiger partial charge in [-0.25, -0.2) is 0 Å². The van der Waals surface area contributed by atoms with Gasteiger partial charge in [0.15, 0.2) is 0 Å². The molecule has 2 heterocycles. The Morgan fingerprint density at radius 3 is 3.05 bits per heavy atom. The number of aromatic nitrogens is 1. The lowest BCUT2D eigenvalue weighted by Gasteiger charge is -2.11. The van der Waals surface area contributed by atoms with Gasteiger partial charge in [0.25, 0.3) is 0 Å². The molecule has 114 valence electrons. The monoisotopic (exact) mass is 286 g/mol. The topological polar surface area (TPSA) is 40.2 Å². The lowest BCUT2D eigenvalue weighted by molar-refractivity contribution is 0.101. The van der Waals surface area contributed by atoms with Crippen LogP contribution in [0.3, 0.4) is 0 Å². The zero-order valence-electron chi connectivity index (χ0n) is 12.9. The standard InChI is InChI=1S/C18H26N2O/c1-14(19)13-15-5-2-8-18-17(15)9-11-20(18)10-3-6-16-7-4-12-21-16/h2,5,8-9,11,14,16H,3-4,6-7,10,12-13,19H2,1H3. The van der Waals surface area contributed by atoms with Crippen LogP contribution in [0.5, 0.6) is 0 Å². The van der Waals surface area contributed by atoms with Crippen molar-refractivity contribution in [3.63, 3.8) is 0 Å². The van der Waals surface area contributed by atoms with E-state index >= 15 is 0 Å². The van der Waals surface area contributed by atoms with Crippen LogP contribution >= 0.6 is 0 Å². The normalized spacial score (nSPS) is 20.2. The summed E-state index contributed by atoms with van der Waals surface area (Å²) >= 11 is 0. The average molecular weight is 286 g/mol. The number of benzene rings is 1. The van der Waals surface area contributed by atoms with Gasteiger partial charge in [-0.3, -0.25) is 0 Å². The van der Waals surface area contributed by atoms with Crippen LogP contribution in [-0.2, 0) is 17.7 Å². The maximum atomic E-state index is 5.95. The highest BCUT2D eigenvalue weighted by Crippen LogP contribution is 2.23. The molecular weight excluding hydrogens is 260 g/mol. The zero-order valence-corrected chi connectivity index (χ0v) is 12.9. The molecule has 1 fully saturated rings. The van der Waals surface area contributed by atoms with Gasteiger partial charge in [0.05, 0.1) is 6.10 Å². The van der Waals surface area contributed by atoms with E-state index in [0.717, 1.165) is 19.6 Å². The van der Waals surface area contributed by atoms with Gasteiger partial charge in [0, 0.05) is 36.3 Å². The molecule has 0 bridgehead atoms. The third-order valence-electron chi connectivity index (χ3n) is 4.39. The summed E-state index contributed by atoms with van der Waals surface area (Å²) in [6.07, 6.45) is 8.50. The Hall–Kier alpha value is -1.32. The lowest BCUT2D eigenvalue weighted by atomic mass is 10.0. The largest absolute Gasteiger partial charge is 0.378 e. The van der Waals surface area contributed by atoms with Crippen molar-refractivity contribution in [2.45, 2.75) is 57.7 Å². The van der Waals surface area contributed by atoms with E-state index in [9.17, 15) is 0 Å². The van der Waals surface area contributed by atoms with Gasteiger partial charge in [-0.2, -0.15) is 0 Å². The van der Waals surface area contributed by atoms with Crippen LogP contribution in [0.15, 0.2) is 30.5 Å². The molecule has 3 heteroatoms. The zero-order chi connectivity index (χ0) is 14.7. The summed E-state index contributed by atoms with van der Waals surface area (Å²) in [6.45, 7) is 4.10. The molecule has 2 N–H and O–H groups in total. The third-order valence-corrected chi connectivity index (χ3v) is 4.39. The quantitative estimate of drug-likeness (QED) is 0.883. The second-order valence-electron chi connectivity index (χ2n) is 6.32. The molecule has 3 rings (SSSR count). The molecule has 1 aliphatic rings. The molecule has 2 atom stereocenters. The van der Waals surface area contributed by atoms with Gasteiger partial charge in [0.1, 0.15) is 0 Å². The number of nitrogens with zero attached hydrogens (tertiary/aromatic N) is 1. The summed E-state index contributed by atoms with van der Waals surface area (Å²) in [5.74, 6) is 0. The molecule has 3 nitrogen and oxygen atoms in total. The molecule has 0 radical (unpaired) electrons. The SMILES string of the molecule is CC(N)Cc1cccc2c1ccn2CCCC1CCCO1. The van der Waals surface area contributed by atoms with Gasteiger partial charge in [-0.05, 0) is 56.7 Å². The summed E-state index contributed by atoms with van der Waals surface area (Å²) in [4.78, 5) is 0. The van der Waals surface area contributed by atoms with E-state index < -0.39 is 0 Å². The van der Waals surface area contributed by atoms with Crippen LogP contribution < -0.4 is 5.73 Å². The number of ether oxygens (including phenoxy) is 1. The van der Waals surface area contributed by atoms with Crippen molar-refractivity contribution in [1.29, 1.82) is 0 Å². The molecule has 2 unspecified atom stereocenters. The minimum Gasteiger partial charge on any atom is -0.378 e. The Balaban J connectivity index is 1.68. The maximum Gasteiger partial charge on any atom is 0.0576 e. The van der Waals surface area contributed by atoms with Crippen molar-refractivity contribution in [3.05, 3.63) is 36.0 Å². The Labute approximate surface area is 127 Å². The molecule has 1 aliphatic heterocycles. The van der Waals surface area contributed by atoms with Crippen LogP contribution in [0.4, 0.5) is 0 Å². The first-order valence-corrected chi connectivity index (χ1v) is 8.18. The number of aryl methyl sites for hydroxylation is 1. The second-order valence-corrected chi connectivity index (χ2v) is 6.32. The van der Waals surface area contributed by atoms with Crippen molar-refractivity contribution >= 4 is 10.9 Å². The molecular formula is C18H26N2O. The molecule has 0 saturated carbocycles. The van der Waals surface area contributed by atoms with Crippen LogP contribution in [0.1, 0.15) is 38.2 Å². The van der Waals surface area contributed by atoms with Gasteiger partial charge in [-0.1, -0.05) is 12.1 Å². The van der Waals surface area contributed by atoms with E-state index in [1.807, 2.05) is 0 Å². The van der Waals surface area contributed by atoms with E-state index in [2.05, 4.69) is 42.0 Å². The number of nitrogens with two attached hydrogens (primary N) is 1. The van der Waals surface area contributed by atoms with Crippen LogP contribution in [0.25, 0.3) is 10.9 Å². The molecule has 1 aromatic heterocycles. The first-order valence-electron chi connectivity index (χ1n) is 8.18. The van der Waals surface area contributed by atoms with Crippen LogP contribution in [-0.4, -0.2) is 23.3 Å². The molecule has 1 saturated heterocycles. The summed E-state index contributed by atoms with van der Waals surface area (Å²) in [7, 11) is 0. The third kappa shape index (κ3) is 3.47. The average Bonchev–Trinajstić information content (AvgIpc) is 3.09. The minimum absolute atomic E-state index is 0.207. The van der Waals surface area contributed by atoms with E-state index in [-0.39, 0.29) is 6.04 Å². The highest BCUT2D eigenvalue weighted by Gasteiger charge is 2.15. The summed E-state index contributed by atoms with van der Waals surface area (Å²) in [6, 6.07) is 9.00. The van der Waals surface area contributed by atoms with Gasteiger partial charge in [-0.15, -0.1) is 0 Å². The summed E-state index contributed by atoms with van der Waals surface area (Å²) < 4.78 is 8.07. The van der Waals surface area contributed by atoms with E-state index in [1.54, 1.807) is 0 Å². The number of fused-ring (bicyclic) bond motifs is 1. The highest BCUT2D eigenvalue weighted by atomic mass is 16.5. The highest BCUT2D eigenvalue weighted by molar-refractivity contribution is 5.83. The maximum absolute atomic E-state index is 5.95. The van der Waals surface area contributed by atoms with Crippen molar-refractivity contribution in [2.75, 3.05) is 6.61 Å². The van der Waals surface area contributed by atoms with E-state index in [4.69, 9.17) is 10.5 Å². The lowest BCUT2D eigenvalue weighted by Crippen LogP contribution is -2.17. The Kier molecular flexibility index (Phi) is 4.61. The molecule has 2 aromatic rings. The van der Waals surface area contributed by atoms with Gasteiger partial charge in [0.2, 0.25) is 0 Å². The first kappa shape index (κ1) is 14.6. The number of hydrogen-bond donors (Lipinski definition) is 1. The Morgan fingerprint density at radius 1 is 1.38 bits per heavy atom. The fraction of sp³-hybridized carbons (Fsp3) is 0.556. The van der Waals surface area contributed by atoms with Crippen molar-refractivity contribution < 1.29 is 4.74 Å². The predicted octanol–water partition coefficient (Wildman–Crippen LogP) is 3.49. The van der Waals surface area contributed by atoms with Crippen LogP contribution in [0.2, 0.25) is 0 Å². The molecule has 0 spiro atoms. The second kappa shape index (κ2) is 6.63. The van der Waals surface area contributed by atoms with Gasteiger partial charge >= 0.3 is 0 Å². The fourth-order valence-corrected chi connectivity index (χ4v) is 3.37. The minimum atomic E-state index is 0.207. The fourth-order valence-electron chi connectivity index (χ4n) is 3.37. The molecule has 0 amide bonds. The molecule has 21 heavy (non-hydrogen) atoms.